The van der Waals surface area contributed by atoms with Gasteiger partial charge in [-0.2, -0.15) is 0 Å². The zero-order valence-corrected chi connectivity index (χ0v) is 9.79. The standard InChI is InChI=1S/C13H13ClO2/c1-13(4-5-13)12(15)11-7-8-6-9(14)2-3-10(8)16-11/h2-3,6-7,12,15H,4-5H2,1H3. The van der Waals surface area contributed by atoms with Crippen LogP contribution in [-0.2, 0) is 0 Å². The van der Waals surface area contributed by atoms with Gasteiger partial charge in [0.15, 0.2) is 0 Å². The predicted octanol–water partition coefficient (Wildman–Crippen LogP) is 3.92. The number of furan rings is 1. The van der Waals surface area contributed by atoms with Crippen LogP contribution in [0.1, 0.15) is 31.6 Å². The van der Waals surface area contributed by atoms with Crippen molar-refractivity contribution in [2.75, 3.05) is 0 Å². The van der Waals surface area contributed by atoms with Crippen LogP contribution >= 0.6 is 11.6 Å². The Balaban J connectivity index is 2.05. The van der Waals surface area contributed by atoms with E-state index >= 15 is 0 Å². The Labute approximate surface area is 98.8 Å². The van der Waals surface area contributed by atoms with Gasteiger partial charge in [0, 0.05) is 15.8 Å². The van der Waals surface area contributed by atoms with Crippen LogP contribution < -0.4 is 0 Å². The number of hydrogen-bond donors (Lipinski definition) is 1. The fourth-order valence-electron chi connectivity index (χ4n) is 1.98. The number of aliphatic hydroxyl groups is 1. The molecule has 0 saturated heterocycles. The van der Waals surface area contributed by atoms with E-state index in [0.29, 0.717) is 10.8 Å². The Kier molecular flexibility index (Phi) is 2.07. The van der Waals surface area contributed by atoms with Crippen molar-refractivity contribution in [2.45, 2.75) is 25.9 Å². The van der Waals surface area contributed by atoms with Crippen molar-refractivity contribution in [3.8, 4) is 0 Å². The molecule has 1 N–H and O–H groups in total. The highest BCUT2D eigenvalue weighted by Crippen LogP contribution is 2.54. The molecule has 0 spiro atoms. The summed E-state index contributed by atoms with van der Waals surface area (Å²) in [5, 5.41) is 11.8. The number of benzene rings is 1. The van der Waals surface area contributed by atoms with Crippen molar-refractivity contribution in [3.05, 3.63) is 35.0 Å². The summed E-state index contributed by atoms with van der Waals surface area (Å²) >= 11 is 5.91. The van der Waals surface area contributed by atoms with Gasteiger partial charge < -0.3 is 9.52 Å². The zero-order chi connectivity index (χ0) is 11.3. The molecule has 16 heavy (non-hydrogen) atoms. The van der Waals surface area contributed by atoms with E-state index in [1.807, 2.05) is 18.2 Å². The fraction of sp³-hybridized carbons (Fsp3) is 0.385. The Bertz CT molecular complexity index is 540. The molecule has 2 nitrogen and oxygen atoms in total. The van der Waals surface area contributed by atoms with Gasteiger partial charge in [-0.15, -0.1) is 0 Å². The second-order valence-electron chi connectivity index (χ2n) is 4.89. The highest BCUT2D eigenvalue weighted by molar-refractivity contribution is 6.31. The van der Waals surface area contributed by atoms with Gasteiger partial charge in [0.05, 0.1) is 0 Å². The van der Waals surface area contributed by atoms with E-state index in [1.165, 1.54) is 0 Å². The molecule has 1 aliphatic carbocycles. The lowest BCUT2D eigenvalue weighted by Gasteiger charge is -2.14. The maximum atomic E-state index is 10.2. The number of fused-ring (bicyclic) bond motifs is 1. The first-order valence-corrected chi connectivity index (χ1v) is 5.83. The Morgan fingerprint density at radius 3 is 2.81 bits per heavy atom. The fourth-order valence-corrected chi connectivity index (χ4v) is 2.16. The van der Waals surface area contributed by atoms with Crippen molar-refractivity contribution in [2.24, 2.45) is 5.41 Å². The summed E-state index contributed by atoms with van der Waals surface area (Å²) in [5.74, 6) is 0.650. The van der Waals surface area contributed by atoms with Gasteiger partial charge in [-0.25, -0.2) is 0 Å². The zero-order valence-electron chi connectivity index (χ0n) is 9.03. The highest BCUT2D eigenvalue weighted by atomic mass is 35.5. The molecule has 0 aliphatic heterocycles. The van der Waals surface area contributed by atoms with Crippen LogP contribution in [0.3, 0.4) is 0 Å². The number of hydrogen-bond acceptors (Lipinski definition) is 2. The molecule has 3 rings (SSSR count). The van der Waals surface area contributed by atoms with Crippen molar-refractivity contribution >= 4 is 22.6 Å². The normalized spacial score (nSPS) is 19.9. The van der Waals surface area contributed by atoms with E-state index in [1.54, 1.807) is 6.07 Å². The van der Waals surface area contributed by atoms with Crippen LogP contribution in [0, 0.1) is 5.41 Å². The van der Waals surface area contributed by atoms with E-state index in [0.717, 1.165) is 23.8 Å². The third-order valence-corrected chi connectivity index (χ3v) is 3.70. The minimum absolute atomic E-state index is 0.0116. The van der Waals surface area contributed by atoms with Gasteiger partial charge in [-0.05, 0) is 37.1 Å². The molecule has 1 aliphatic rings. The van der Waals surface area contributed by atoms with Crippen LogP contribution in [0.15, 0.2) is 28.7 Å². The van der Waals surface area contributed by atoms with Gasteiger partial charge in [0.2, 0.25) is 0 Å². The topological polar surface area (TPSA) is 33.4 Å². The van der Waals surface area contributed by atoms with E-state index in [4.69, 9.17) is 16.0 Å². The molecular formula is C13H13ClO2. The second kappa shape index (κ2) is 3.25. The predicted molar refractivity (Wildman–Crippen MR) is 63.5 cm³/mol. The highest BCUT2D eigenvalue weighted by Gasteiger charge is 2.46. The Hall–Kier alpha value is -0.990. The monoisotopic (exact) mass is 236 g/mol. The molecule has 1 saturated carbocycles. The lowest BCUT2D eigenvalue weighted by Crippen LogP contribution is -2.08. The first-order chi connectivity index (χ1) is 7.58. The van der Waals surface area contributed by atoms with E-state index < -0.39 is 6.10 Å². The van der Waals surface area contributed by atoms with Crippen LogP contribution in [0.25, 0.3) is 11.0 Å². The van der Waals surface area contributed by atoms with E-state index in [2.05, 4.69) is 6.92 Å². The lowest BCUT2D eigenvalue weighted by atomic mass is 10.00. The summed E-state index contributed by atoms with van der Waals surface area (Å²) in [6, 6.07) is 7.37. The largest absolute Gasteiger partial charge is 0.458 e. The first-order valence-electron chi connectivity index (χ1n) is 5.46. The van der Waals surface area contributed by atoms with Gasteiger partial charge in [-0.3, -0.25) is 0 Å². The number of rotatable bonds is 2. The Morgan fingerprint density at radius 1 is 1.38 bits per heavy atom. The molecule has 1 aromatic carbocycles. The molecule has 1 aromatic heterocycles. The summed E-state index contributed by atoms with van der Waals surface area (Å²) in [5.41, 5.74) is 0.792. The van der Waals surface area contributed by atoms with Gasteiger partial charge >= 0.3 is 0 Å². The van der Waals surface area contributed by atoms with Crippen molar-refractivity contribution in [3.63, 3.8) is 0 Å². The lowest BCUT2D eigenvalue weighted by molar-refractivity contribution is 0.0827. The molecule has 1 heterocycles. The molecule has 84 valence electrons. The molecule has 0 amide bonds. The third-order valence-electron chi connectivity index (χ3n) is 3.47. The second-order valence-corrected chi connectivity index (χ2v) is 5.32. The molecule has 1 fully saturated rings. The first kappa shape index (κ1) is 10.2. The average molecular weight is 237 g/mol. The molecule has 2 aromatic rings. The van der Waals surface area contributed by atoms with Crippen LogP contribution in [0.4, 0.5) is 0 Å². The summed E-state index contributed by atoms with van der Waals surface area (Å²) in [6.45, 7) is 2.08. The SMILES string of the molecule is CC1(C(O)c2cc3cc(Cl)ccc3o2)CC1. The van der Waals surface area contributed by atoms with Gasteiger partial charge in [0.25, 0.3) is 0 Å². The minimum atomic E-state index is -0.501. The number of aliphatic hydroxyl groups excluding tert-OH is 1. The van der Waals surface area contributed by atoms with Crippen molar-refractivity contribution < 1.29 is 9.52 Å². The van der Waals surface area contributed by atoms with E-state index in [9.17, 15) is 5.11 Å². The minimum Gasteiger partial charge on any atom is -0.458 e. The summed E-state index contributed by atoms with van der Waals surface area (Å²) in [6.07, 6.45) is 1.62. The molecule has 1 unspecified atom stereocenters. The molecule has 0 radical (unpaired) electrons. The molecule has 3 heteroatoms. The smallest absolute Gasteiger partial charge is 0.134 e. The van der Waals surface area contributed by atoms with E-state index in [-0.39, 0.29) is 5.41 Å². The van der Waals surface area contributed by atoms with Crippen LogP contribution in [0.5, 0.6) is 0 Å². The Morgan fingerprint density at radius 2 is 2.12 bits per heavy atom. The van der Waals surface area contributed by atoms with Crippen LogP contribution in [0.2, 0.25) is 5.02 Å². The summed E-state index contributed by atoms with van der Waals surface area (Å²) < 4.78 is 5.64. The van der Waals surface area contributed by atoms with Crippen molar-refractivity contribution in [1.29, 1.82) is 0 Å². The summed E-state index contributed by atoms with van der Waals surface area (Å²) in [4.78, 5) is 0. The maximum absolute atomic E-state index is 10.2. The third kappa shape index (κ3) is 1.53. The number of halogens is 1. The van der Waals surface area contributed by atoms with Gasteiger partial charge in [-0.1, -0.05) is 18.5 Å². The maximum Gasteiger partial charge on any atom is 0.134 e. The summed E-state index contributed by atoms with van der Waals surface area (Å²) in [7, 11) is 0. The van der Waals surface area contributed by atoms with Crippen molar-refractivity contribution in [1.82, 2.24) is 0 Å². The average Bonchev–Trinajstić information content (AvgIpc) is 2.87. The molecular weight excluding hydrogens is 224 g/mol. The van der Waals surface area contributed by atoms with Crippen LogP contribution in [-0.4, -0.2) is 5.11 Å². The molecule has 1 atom stereocenters. The quantitative estimate of drug-likeness (QED) is 0.857. The molecule has 0 bridgehead atoms. The van der Waals surface area contributed by atoms with Gasteiger partial charge in [0.1, 0.15) is 17.4 Å².